The molecule has 2 amide bonds. The molecule has 3 rings (SSSR count). The molecule has 0 saturated heterocycles. The zero-order chi connectivity index (χ0) is 15.5. The second-order valence-electron chi connectivity index (χ2n) is 5.25. The van der Waals surface area contributed by atoms with Gasteiger partial charge in [0.2, 0.25) is 0 Å². The summed E-state index contributed by atoms with van der Waals surface area (Å²) >= 11 is 0. The molecule has 2 aromatic carbocycles. The topological polar surface area (TPSA) is 37.4 Å². The normalized spacial score (nSPS) is 14.3. The van der Waals surface area contributed by atoms with Crippen LogP contribution in [0, 0.1) is 11.8 Å². The fraction of sp³-hybridized carbons (Fsp3) is 0.158. The first-order valence-corrected chi connectivity index (χ1v) is 7.19. The number of nitrogens with zero attached hydrogens (tertiary/aromatic N) is 1. The van der Waals surface area contributed by atoms with Crippen LogP contribution in [-0.4, -0.2) is 22.8 Å². The number of rotatable bonds is 2. The lowest BCUT2D eigenvalue weighted by atomic mass is 10.1. The number of hydrogen-bond acceptors (Lipinski definition) is 2. The quantitative estimate of drug-likeness (QED) is 0.629. The van der Waals surface area contributed by atoms with Crippen LogP contribution in [0.1, 0.15) is 39.6 Å². The molecular weight excluding hydrogens is 274 g/mol. The van der Waals surface area contributed by atoms with Gasteiger partial charge in [0.15, 0.2) is 0 Å². The molecule has 0 spiro atoms. The minimum atomic E-state index is -0.247. The lowest BCUT2D eigenvalue weighted by Crippen LogP contribution is -2.37. The smallest absolute Gasteiger partial charge is 0.261 e. The number of amides is 2. The van der Waals surface area contributed by atoms with E-state index in [1.165, 1.54) is 4.90 Å². The molecule has 0 bridgehead atoms. The SMILES string of the molecule is CC(CC#Cc1ccccc1)N1C(=O)c2ccccc2C1=O. The maximum Gasteiger partial charge on any atom is 0.261 e. The number of carbonyl (C=O) groups excluding carboxylic acids is 2. The van der Waals surface area contributed by atoms with Crippen LogP contribution < -0.4 is 0 Å². The highest BCUT2D eigenvalue weighted by Gasteiger charge is 2.37. The summed E-state index contributed by atoms with van der Waals surface area (Å²) in [6, 6.07) is 16.3. The van der Waals surface area contributed by atoms with Gasteiger partial charge in [-0.3, -0.25) is 14.5 Å². The van der Waals surface area contributed by atoms with Crippen LogP contribution in [0.5, 0.6) is 0 Å². The van der Waals surface area contributed by atoms with Gasteiger partial charge in [0, 0.05) is 18.0 Å². The molecule has 0 saturated carbocycles. The third-order valence-corrected chi connectivity index (χ3v) is 3.67. The molecule has 1 unspecified atom stereocenters. The molecule has 0 fully saturated rings. The minimum Gasteiger partial charge on any atom is -0.271 e. The number of fused-ring (bicyclic) bond motifs is 1. The van der Waals surface area contributed by atoms with Crippen molar-refractivity contribution in [1.82, 2.24) is 4.90 Å². The van der Waals surface area contributed by atoms with Crippen molar-refractivity contribution in [2.45, 2.75) is 19.4 Å². The predicted molar refractivity (Wildman–Crippen MR) is 84.3 cm³/mol. The van der Waals surface area contributed by atoms with Crippen molar-refractivity contribution in [3.63, 3.8) is 0 Å². The molecule has 1 heterocycles. The van der Waals surface area contributed by atoms with Gasteiger partial charge in [0.05, 0.1) is 11.1 Å². The molecule has 3 nitrogen and oxygen atoms in total. The van der Waals surface area contributed by atoms with Crippen molar-refractivity contribution >= 4 is 11.8 Å². The summed E-state index contributed by atoms with van der Waals surface area (Å²) in [6.07, 6.45) is 0.459. The Bertz CT molecular complexity index is 749. The predicted octanol–water partition coefficient (Wildman–Crippen LogP) is 3.11. The maximum atomic E-state index is 12.3. The minimum absolute atomic E-state index is 0.227. The third kappa shape index (κ3) is 2.51. The lowest BCUT2D eigenvalue weighted by Gasteiger charge is -2.20. The van der Waals surface area contributed by atoms with E-state index in [4.69, 9.17) is 0 Å². The van der Waals surface area contributed by atoms with Crippen LogP contribution >= 0.6 is 0 Å². The van der Waals surface area contributed by atoms with Crippen LogP contribution in [0.15, 0.2) is 54.6 Å². The van der Waals surface area contributed by atoms with Crippen molar-refractivity contribution in [2.24, 2.45) is 0 Å². The van der Waals surface area contributed by atoms with Crippen LogP contribution in [0.2, 0.25) is 0 Å². The summed E-state index contributed by atoms with van der Waals surface area (Å²) in [6.45, 7) is 1.85. The van der Waals surface area contributed by atoms with Crippen molar-refractivity contribution in [3.8, 4) is 11.8 Å². The largest absolute Gasteiger partial charge is 0.271 e. The van der Waals surface area contributed by atoms with E-state index in [0.29, 0.717) is 17.5 Å². The highest BCUT2D eigenvalue weighted by Crippen LogP contribution is 2.25. The summed E-state index contributed by atoms with van der Waals surface area (Å²) < 4.78 is 0. The molecule has 0 radical (unpaired) electrons. The molecule has 0 N–H and O–H groups in total. The number of carbonyl (C=O) groups is 2. The Morgan fingerprint density at radius 2 is 1.45 bits per heavy atom. The van der Waals surface area contributed by atoms with E-state index in [-0.39, 0.29) is 17.9 Å². The first-order valence-electron chi connectivity index (χ1n) is 7.19. The molecule has 1 aliphatic rings. The van der Waals surface area contributed by atoms with Crippen molar-refractivity contribution in [3.05, 3.63) is 71.3 Å². The standard InChI is InChI=1S/C19H15NO2/c1-14(8-7-11-15-9-3-2-4-10-15)20-18(21)16-12-5-6-13-17(16)19(20)22/h2-6,9-10,12-14H,8H2,1H3. The summed E-state index contributed by atoms with van der Waals surface area (Å²) in [4.78, 5) is 26.0. The Morgan fingerprint density at radius 1 is 0.909 bits per heavy atom. The molecule has 108 valence electrons. The summed E-state index contributed by atoms with van der Waals surface area (Å²) in [5.74, 6) is 5.65. The number of imide groups is 1. The zero-order valence-electron chi connectivity index (χ0n) is 12.2. The van der Waals surface area contributed by atoms with E-state index in [1.54, 1.807) is 24.3 Å². The van der Waals surface area contributed by atoms with Crippen molar-refractivity contribution < 1.29 is 9.59 Å². The summed E-state index contributed by atoms with van der Waals surface area (Å²) in [5, 5.41) is 0. The Morgan fingerprint density at radius 3 is 2.05 bits per heavy atom. The molecule has 2 aromatic rings. The molecule has 1 aliphatic heterocycles. The number of benzene rings is 2. The zero-order valence-corrected chi connectivity index (χ0v) is 12.2. The van der Waals surface area contributed by atoms with Gasteiger partial charge in [-0.1, -0.05) is 42.2 Å². The Hall–Kier alpha value is -2.86. The van der Waals surface area contributed by atoms with Gasteiger partial charge in [0.1, 0.15) is 0 Å². The molecule has 22 heavy (non-hydrogen) atoms. The lowest BCUT2D eigenvalue weighted by molar-refractivity contribution is 0.0600. The van der Waals surface area contributed by atoms with Gasteiger partial charge in [-0.25, -0.2) is 0 Å². The molecule has 1 atom stereocenters. The average Bonchev–Trinajstić information content (AvgIpc) is 2.80. The van der Waals surface area contributed by atoms with Crippen LogP contribution in [-0.2, 0) is 0 Å². The van der Waals surface area contributed by atoms with Gasteiger partial charge >= 0.3 is 0 Å². The van der Waals surface area contributed by atoms with E-state index in [9.17, 15) is 9.59 Å². The van der Waals surface area contributed by atoms with Gasteiger partial charge in [-0.2, -0.15) is 0 Å². The Labute approximate surface area is 129 Å². The van der Waals surface area contributed by atoms with Crippen LogP contribution in [0.25, 0.3) is 0 Å². The van der Waals surface area contributed by atoms with E-state index in [0.717, 1.165) is 5.56 Å². The van der Waals surface area contributed by atoms with Gasteiger partial charge in [0.25, 0.3) is 11.8 Å². The summed E-state index contributed by atoms with van der Waals surface area (Å²) in [7, 11) is 0. The summed E-state index contributed by atoms with van der Waals surface area (Å²) in [5.41, 5.74) is 1.89. The Balaban J connectivity index is 1.75. The van der Waals surface area contributed by atoms with E-state index in [2.05, 4.69) is 11.8 Å². The first-order chi connectivity index (χ1) is 10.7. The Kier molecular flexibility index (Phi) is 3.76. The molecular formula is C19H15NO2. The first kappa shape index (κ1) is 14.1. The third-order valence-electron chi connectivity index (χ3n) is 3.67. The number of hydrogen-bond donors (Lipinski definition) is 0. The van der Waals surface area contributed by atoms with Gasteiger partial charge < -0.3 is 0 Å². The highest BCUT2D eigenvalue weighted by atomic mass is 16.2. The second-order valence-corrected chi connectivity index (χ2v) is 5.25. The van der Waals surface area contributed by atoms with Gasteiger partial charge in [-0.05, 0) is 31.2 Å². The van der Waals surface area contributed by atoms with Crippen molar-refractivity contribution in [2.75, 3.05) is 0 Å². The fourth-order valence-electron chi connectivity index (χ4n) is 2.52. The monoisotopic (exact) mass is 289 g/mol. The van der Waals surface area contributed by atoms with Crippen LogP contribution in [0.3, 0.4) is 0 Å². The molecule has 0 aliphatic carbocycles. The molecule has 3 heteroatoms. The van der Waals surface area contributed by atoms with E-state index < -0.39 is 0 Å². The van der Waals surface area contributed by atoms with Gasteiger partial charge in [-0.15, -0.1) is 0 Å². The van der Waals surface area contributed by atoms with E-state index >= 15 is 0 Å². The van der Waals surface area contributed by atoms with Crippen LogP contribution in [0.4, 0.5) is 0 Å². The second kappa shape index (κ2) is 5.87. The van der Waals surface area contributed by atoms with Crippen molar-refractivity contribution in [1.29, 1.82) is 0 Å². The highest BCUT2D eigenvalue weighted by molar-refractivity contribution is 6.21. The van der Waals surface area contributed by atoms with E-state index in [1.807, 2.05) is 37.3 Å². The average molecular weight is 289 g/mol. The molecule has 0 aromatic heterocycles. The maximum absolute atomic E-state index is 12.3. The fourth-order valence-corrected chi connectivity index (χ4v) is 2.52.